The molecule has 0 aromatic heterocycles. The summed E-state index contributed by atoms with van der Waals surface area (Å²) >= 11 is 0. The molecular weight excluding hydrogens is 326 g/mol. The van der Waals surface area contributed by atoms with Gasteiger partial charge in [-0.05, 0) is 25.7 Å². The minimum absolute atomic E-state index is 0. The van der Waals surface area contributed by atoms with Crippen molar-refractivity contribution in [3.63, 3.8) is 0 Å². The molecule has 2 aliphatic carbocycles. The molecule has 21 heavy (non-hydrogen) atoms. The molecular formula is C14H24N2O4Zn. The first-order valence-corrected chi connectivity index (χ1v) is 7.36. The number of carboxylic acids is 2. The van der Waals surface area contributed by atoms with Crippen LogP contribution in [0.15, 0.2) is 0 Å². The van der Waals surface area contributed by atoms with Gasteiger partial charge in [0, 0.05) is 35.9 Å². The van der Waals surface area contributed by atoms with Crippen LogP contribution in [0, 0.1) is 11.8 Å². The molecule has 0 saturated heterocycles. The zero-order valence-electron chi connectivity index (χ0n) is 12.5. The average Bonchev–Trinajstić information content (AvgIpc) is 2.40. The van der Waals surface area contributed by atoms with E-state index in [1.165, 1.54) is 0 Å². The molecule has 7 heteroatoms. The van der Waals surface area contributed by atoms with Crippen LogP contribution in [0.25, 0.3) is 0 Å². The number of carboxylic acid groups (broad SMARTS) is 2. The second-order valence-electron chi connectivity index (χ2n) is 5.75. The second-order valence-corrected chi connectivity index (χ2v) is 5.75. The van der Waals surface area contributed by atoms with Crippen LogP contribution in [0.4, 0.5) is 0 Å². The van der Waals surface area contributed by atoms with E-state index in [-0.39, 0.29) is 31.6 Å². The molecule has 0 spiro atoms. The quantitative estimate of drug-likeness (QED) is 0.583. The van der Waals surface area contributed by atoms with Crippen molar-refractivity contribution in [2.24, 2.45) is 23.3 Å². The van der Waals surface area contributed by atoms with Crippen molar-refractivity contribution in [2.45, 2.75) is 63.5 Å². The largest absolute Gasteiger partial charge is 2.00 e. The summed E-state index contributed by atoms with van der Waals surface area (Å²) in [5, 5.41) is 20.7. The molecule has 4 atom stereocenters. The van der Waals surface area contributed by atoms with Crippen molar-refractivity contribution in [1.29, 1.82) is 0 Å². The maximum absolute atomic E-state index is 10.4. The molecule has 0 radical (unpaired) electrons. The molecule has 0 amide bonds. The van der Waals surface area contributed by atoms with Gasteiger partial charge in [0.15, 0.2) is 0 Å². The van der Waals surface area contributed by atoms with E-state index in [1.807, 2.05) is 0 Å². The van der Waals surface area contributed by atoms with E-state index < -0.39 is 23.8 Å². The molecule has 2 saturated carbocycles. The molecule has 2 aliphatic rings. The average molecular weight is 350 g/mol. The van der Waals surface area contributed by atoms with E-state index in [2.05, 4.69) is 0 Å². The zero-order valence-corrected chi connectivity index (χ0v) is 15.4. The number of carbonyl (C=O) groups excluding carboxylic acids is 2. The standard InChI is InChI=1S/2C7H13NO2.Zn/c2*8-6-4-2-1-3-5(6)7(9)10;/h2*5-6H,1-4,8H2,(H,9,10);/q;;+2/p-2. The monoisotopic (exact) mass is 348 g/mol. The third-order valence-corrected chi connectivity index (χ3v) is 4.24. The Hall–Kier alpha value is -0.517. The van der Waals surface area contributed by atoms with Gasteiger partial charge in [0.25, 0.3) is 0 Å². The summed E-state index contributed by atoms with van der Waals surface area (Å²) in [7, 11) is 0. The van der Waals surface area contributed by atoms with Crippen LogP contribution in [-0.4, -0.2) is 24.0 Å². The summed E-state index contributed by atoms with van der Waals surface area (Å²) in [4.78, 5) is 20.7. The molecule has 0 aliphatic heterocycles. The zero-order chi connectivity index (χ0) is 15.1. The third kappa shape index (κ3) is 6.85. The van der Waals surface area contributed by atoms with E-state index in [0.717, 1.165) is 38.5 Å². The Balaban J connectivity index is 0.000000364. The van der Waals surface area contributed by atoms with Gasteiger partial charge >= 0.3 is 19.5 Å². The minimum atomic E-state index is -0.979. The van der Waals surface area contributed by atoms with Crippen molar-refractivity contribution in [3.8, 4) is 0 Å². The van der Waals surface area contributed by atoms with Crippen molar-refractivity contribution in [3.05, 3.63) is 0 Å². The minimum Gasteiger partial charge on any atom is -0.550 e. The van der Waals surface area contributed by atoms with Gasteiger partial charge in [-0.3, -0.25) is 0 Å². The first-order valence-electron chi connectivity index (χ1n) is 7.36. The predicted octanol–water partition coefficient (Wildman–Crippen LogP) is -1.49. The van der Waals surface area contributed by atoms with Gasteiger partial charge in [-0.15, -0.1) is 0 Å². The number of hydrogen-bond acceptors (Lipinski definition) is 6. The van der Waals surface area contributed by atoms with Crippen LogP contribution >= 0.6 is 0 Å². The van der Waals surface area contributed by atoms with Crippen molar-refractivity contribution >= 4 is 11.9 Å². The fourth-order valence-electron chi connectivity index (χ4n) is 2.90. The predicted molar refractivity (Wildman–Crippen MR) is 69.9 cm³/mol. The molecule has 0 aromatic rings. The first-order chi connectivity index (χ1) is 9.43. The fraction of sp³-hybridized carbons (Fsp3) is 0.857. The summed E-state index contributed by atoms with van der Waals surface area (Å²) in [6, 6.07) is -0.336. The number of aliphatic carboxylic acids is 2. The van der Waals surface area contributed by atoms with Crippen LogP contribution < -0.4 is 21.7 Å². The smallest absolute Gasteiger partial charge is 0.550 e. The van der Waals surface area contributed by atoms with Gasteiger partial charge in [0.1, 0.15) is 0 Å². The number of carbonyl (C=O) groups is 2. The van der Waals surface area contributed by atoms with Crippen LogP contribution in [0.2, 0.25) is 0 Å². The van der Waals surface area contributed by atoms with Gasteiger partial charge in [-0.25, -0.2) is 0 Å². The van der Waals surface area contributed by atoms with E-state index in [1.54, 1.807) is 0 Å². The first kappa shape index (κ1) is 20.5. The van der Waals surface area contributed by atoms with E-state index >= 15 is 0 Å². The topological polar surface area (TPSA) is 132 Å². The second kappa shape index (κ2) is 10.2. The van der Waals surface area contributed by atoms with E-state index in [0.29, 0.717) is 12.8 Å². The van der Waals surface area contributed by atoms with Gasteiger partial charge in [-0.1, -0.05) is 25.7 Å². The van der Waals surface area contributed by atoms with Gasteiger partial charge in [-0.2, -0.15) is 0 Å². The van der Waals surface area contributed by atoms with Gasteiger partial charge in [0.2, 0.25) is 0 Å². The Morgan fingerprint density at radius 1 is 0.714 bits per heavy atom. The molecule has 4 N–H and O–H groups in total. The van der Waals surface area contributed by atoms with E-state index in [9.17, 15) is 19.8 Å². The molecule has 2 fully saturated rings. The summed E-state index contributed by atoms with van der Waals surface area (Å²) in [5.41, 5.74) is 11.1. The van der Waals surface area contributed by atoms with Crippen LogP contribution in [0.1, 0.15) is 51.4 Å². The Labute approximate surface area is 138 Å². The number of nitrogens with two attached hydrogens (primary N) is 2. The molecule has 6 nitrogen and oxygen atoms in total. The normalized spacial score (nSPS) is 32.1. The Kier molecular flexibility index (Phi) is 10.00. The fourth-order valence-corrected chi connectivity index (χ4v) is 2.90. The van der Waals surface area contributed by atoms with Crippen LogP contribution in [0.5, 0.6) is 0 Å². The summed E-state index contributed by atoms with van der Waals surface area (Å²) < 4.78 is 0. The molecule has 0 aromatic carbocycles. The Bertz CT molecular complexity index is 309. The summed E-state index contributed by atoms with van der Waals surface area (Å²) in [6.07, 6.45) is 7.14. The number of rotatable bonds is 2. The Morgan fingerprint density at radius 2 is 1.00 bits per heavy atom. The van der Waals surface area contributed by atoms with Gasteiger partial charge in [0.05, 0.1) is 0 Å². The maximum Gasteiger partial charge on any atom is 2.00 e. The summed E-state index contributed by atoms with van der Waals surface area (Å²) in [5.74, 6) is -2.75. The maximum atomic E-state index is 10.4. The van der Waals surface area contributed by atoms with Crippen LogP contribution in [0.3, 0.4) is 0 Å². The van der Waals surface area contributed by atoms with Crippen molar-refractivity contribution < 1.29 is 39.3 Å². The van der Waals surface area contributed by atoms with Crippen LogP contribution in [-0.2, 0) is 29.1 Å². The van der Waals surface area contributed by atoms with Crippen molar-refractivity contribution in [1.82, 2.24) is 0 Å². The van der Waals surface area contributed by atoms with E-state index in [4.69, 9.17) is 11.5 Å². The molecule has 0 heterocycles. The molecule has 116 valence electrons. The number of hydrogen-bond donors (Lipinski definition) is 2. The SMILES string of the molecule is NC1CCCCC1C(=O)[O-].NC1CCCCC1C(=O)[O-].[Zn+2]. The Morgan fingerprint density at radius 3 is 1.19 bits per heavy atom. The molecule has 2 rings (SSSR count). The molecule has 4 unspecified atom stereocenters. The van der Waals surface area contributed by atoms with Crippen molar-refractivity contribution in [2.75, 3.05) is 0 Å². The third-order valence-electron chi connectivity index (χ3n) is 4.24. The molecule has 0 bridgehead atoms. The summed E-state index contributed by atoms with van der Waals surface area (Å²) in [6.45, 7) is 0. The van der Waals surface area contributed by atoms with Gasteiger partial charge < -0.3 is 31.3 Å².